The molecule has 6 rings (SSSR count). The second-order valence-corrected chi connectivity index (χ2v) is 9.19. The van der Waals surface area contributed by atoms with Crippen molar-refractivity contribution in [2.24, 2.45) is 0 Å². The second-order valence-electron chi connectivity index (χ2n) is 8.20. The number of hydrogen-bond acceptors (Lipinski definition) is 5. The number of fused-ring (bicyclic) bond motifs is 3. The Morgan fingerprint density at radius 3 is 2.69 bits per heavy atom. The molecule has 0 fully saturated rings. The van der Waals surface area contributed by atoms with Gasteiger partial charge in [-0.1, -0.05) is 54.2 Å². The van der Waals surface area contributed by atoms with Gasteiger partial charge >= 0.3 is 0 Å². The first-order valence-corrected chi connectivity index (χ1v) is 11.7. The summed E-state index contributed by atoms with van der Waals surface area (Å²) in [5, 5.41) is 5.54. The van der Waals surface area contributed by atoms with Gasteiger partial charge in [0.1, 0.15) is 5.39 Å². The highest BCUT2D eigenvalue weighted by molar-refractivity contribution is 7.99. The number of para-hydroxylation sites is 1. The highest BCUT2D eigenvalue weighted by Gasteiger charge is 2.31. The van der Waals surface area contributed by atoms with Gasteiger partial charge in [0.15, 0.2) is 10.8 Å². The van der Waals surface area contributed by atoms with Crippen molar-refractivity contribution >= 4 is 28.7 Å². The van der Waals surface area contributed by atoms with E-state index in [1.54, 1.807) is 15.4 Å². The summed E-state index contributed by atoms with van der Waals surface area (Å²) in [7, 11) is 0. The van der Waals surface area contributed by atoms with Crippen molar-refractivity contribution in [3.05, 3.63) is 82.3 Å². The van der Waals surface area contributed by atoms with Crippen LogP contribution in [0.4, 0.5) is 0 Å². The number of benzene rings is 2. The molecular formula is C24H21N5O2S. The SMILES string of the molecule is O=C(C[C@@H]1CSc2nc3c(cnn3-c3ccccc3)c(=O)n21)N1CCc2ccccc2C1. The molecule has 7 nitrogen and oxygen atoms in total. The number of carbonyl (C=O) groups excluding carboxylic acids is 1. The van der Waals surface area contributed by atoms with Crippen LogP contribution in [-0.2, 0) is 17.8 Å². The zero-order chi connectivity index (χ0) is 21.7. The second kappa shape index (κ2) is 7.63. The van der Waals surface area contributed by atoms with Gasteiger partial charge in [-0.25, -0.2) is 9.67 Å². The maximum Gasteiger partial charge on any atom is 0.265 e. The summed E-state index contributed by atoms with van der Waals surface area (Å²) in [6, 6.07) is 17.8. The Kier molecular flexibility index (Phi) is 4.61. The van der Waals surface area contributed by atoms with Gasteiger partial charge in [0, 0.05) is 25.3 Å². The van der Waals surface area contributed by atoms with E-state index in [0.29, 0.717) is 34.9 Å². The van der Waals surface area contributed by atoms with Crippen LogP contribution in [0.2, 0.25) is 0 Å². The molecule has 160 valence electrons. The first-order chi connectivity index (χ1) is 15.7. The standard InChI is InChI=1S/C24H21N5O2S/c30-21(27-11-10-16-6-4-5-7-17(16)14-27)12-19-15-32-24-26-22-20(23(31)28(19)24)13-25-29(22)18-8-2-1-3-9-18/h1-9,13,19H,10-12,14-15H2/t19-/m1/s1. The minimum Gasteiger partial charge on any atom is -0.338 e. The Hall–Kier alpha value is -3.39. The lowest BCUT2D eigenvalue weighted by Crippen LogP contribution is -2.38. The highest BCUT2D eigenvalue weighted by atomic mass is 32.2. The van der Waals surface area contributed by atoms with Crippen molar-refractivity contribution in [1.82, 2.24) is 24.2 Å². The van der Waals surface area contributed by atoms with Gasteiger partial charge in [-0.15, -0.1) is 0 Å². The van der Waals surface area contributed by atoms with Crippen LogP contribution >= 0.6 is 11.8 Å². The smallest absolute Gasteiger partial charge is 0.265 e. The predicted octanol–water partition coefficient (Wildman–Crippen LogP) is 3.20. The van der Waals surface area contributed by atoms with Crippen molar-refractivity contribution in [2.75, 3.05) is 12.3 Å². The molecule has 4 heterocycles. The van der Waals surface area contributed by atoms with Crippen LogP contribution in [0.3, 0.4) is 0 Å². The molecule has 2 aromatic carbocycles. The quantitative estimate of drug-likeness (QED) is 0.455. The molecule has 0 N–H and O–H groups in total. The van der Waals surface area contributed by atoms with E-state index in [0.717, 1.165) is 18.7 Å². The van der Waals surface area contributed by atoms with Crippen molar-refractivity contribution < 1.29 is 4.79 Å². The maximum atomic E-state index is 13.3. The number of nitrogens with zero attached hydrogens (tertiary/aromatic N) is 5. The van der Waals surface area contributed by atoms with Gasteiger partial charge in [0.2, 0.25) is 5.91 Å². The highest BCUT2D eigenvalue weighted by Crippen LogP contribution is 2.34. The molecule has 0 saturated heterocycles. The van der Waals surface area contributed by atoms with Gasteiger partial charge in [0.05, 0.1) is 17.9 Å². The van der Waals surface area contributed by atoms with Crippen LogP contribution < -0.4 is 5.56 Å². The zero-order valence-electron chi connectivity index (χ0n) is 17.3. The molecule has 32 heavy (non-hydrogen) atoms. The van der Waals surface area contributed by atoms with Gasteiger partial charge in [-0.3, -0.25) is 14.2 Å². The molecule has 2 aromatic heterocycles. The fourth-order valence-electron chi connectivity index (χ4n) is 4.58. The number of aromatic nitrogens is 4. The molecule has 2 aliphatic rings. The summed E-state index contributed by atoms with van der Waals surface area (Å²) < 4.78 is 3.39. The van der Waals surface area contributed by atoms with Crippen LogP contribution in [0.1, 0.15) is 23.6 Å². The first kappa shape index (κ1) is 19.3. The lowest BCUT2D eigenvalue weighted by atomic mass is 9.99. The van der Waals surface area contributed by atoms with Gasteiger partial charge < -0.3 is 4.90 Å². The predicted molar refractivity (Wildman–Crippen MR) is 123 cm³/mol. The van der Waals surface area contributed by atoms with Crippen molar-refractivity contribution in [2.45, 2.75) is 30.6 Å². The molecule has 0 unspecified atom stereocenters. The topological polar surface area (TPSA) is 73.0 Å². The molecule has 1 atom stereocenters. The fourth-order valence-corrected chi connectivity index (χ4v) is 5.71. The first-order valence-electron chi connectivity index (χ1n) is 10.7. The van der Waals surface area contributed by atoms with Crippen molar-refractivity contribution in [1.29, 1.82) is 0 Å². The molecule has 8 heteroatoms. The monoisotopic (exact) mass is 443 g/mol. The van der Waals surface area contributed by atoms with Crippen LogP contribution in [-0.4, -0.2) is 42.4 Å². The molecule has 1 amide bonds. The van der Waals surface area contributed by atoms with Crippen LogP contribution in [0.15, 0.2) is 70.7 Å². The third-order valence-corrected chi connectivity index (χ3v) is 7.36. The minimum atomic E-state index is -0.191. The molecular weight excluding hydrogens is 422 g/mol. The van der Waals surface area contributed by atoms with Crippen LogP contribution in [0.25, 0.3) is 16.7 Å². The van der Waals surface area contributed by atoms with Crippen LogP contribution in [0.5, 0.6) is 0 Å². The Bertz CT molecular complexity index is 1390. The van der Waals surface area contributed by atoms with Gasteiger partial charge in [0.25, 0.3) is 5.56 Å². The Labute approximate surface area is 188 Å². The maximum absolute atomic E-state index is 13.3. The number of thioether (sulfide) groups is 1. The Balaban J connectivity index is 1.29. The normalized spacial score (nSPS) is 17.4. The summed E-state index contributed by atoms with van der Waals surface area (Å²) in [6.45, 7) is 1.36. The average Bonchev–Trinajstić information content (AvgIpc) is 3.44. The molecule has 0 radical (unpaired) electrons. The van der Waals surface area contributed by atoms with E-state index in [4.69, 9.17) is 4.98 Å². The number of amides is 1. The van der Waals surface area contributed by atoms with Crippen LogP contribution in [0, 0.1) is 0 Å². The van der Waals surface area contributed by atoms with E-state index in [1.165, 1.54) is 22.9 Å². The van der Waals surface area contributed by atoms with E-state index >= 15 is 0 Å². The lowest BCUT2D eigenvalue weighted by molar-refractivity contribution is -0.132. The van der Waals surface area contributed by atoms with E-state index in [2.05, 4.69) is 17.2 Å². The molecule has 0 spiro atoms. The third-order valence-electron chi connectivity index (χ3n) is 6.26. The van der Waals surface area contributed by atoms with E-state index < -0.39 is 0 Å². The molecule has 0 bridgehead atoms. The summed E-state index contributed by atoms with van der Waals surface area (Å²) in [4.78, 5) is 33.1. The number of carbonyl (C=O) groups is 1. The lowest BCUT2D eigenvalue weighted by Gasteiger charge is -2.29. The summed E-state index contributed by atoms with van der Waals surface area (Å²) in [6.07, 6.45) is 2.76. The van der Waals surface area contributed by atoms with Crippen molar-refractivity contribution in [3.8, 4) is 5.69 Å². The average molecular weight is 444 g/mol. The third kappa shape index (κ3) is 3.14. The number of rotatable bonds is 3. The number of hydrogen-bond donors (Lipinski definition) is 0. The summed E-state index contributed by atoms with van der Waals surface area (Å²) >= 11 is 1.53. The minimum absolute atomic E-state index is 0.0879. The van der Waals surface area contributed by atoms with Crippen molar-refractivity contribution in [3.63, 3.8) is 0 Å². The molecule has 4 aromatic rings. The Morgan fingerprint density at radius 2 is 1.84 bits per heavy atom. The van der Waals surface area contributed by atoms with E-state index in [9.17, 15) is 9.59 Å². The Morgan fingerprint density at radius 1 is 1.06 bits per heavy atom. The van der Waals surface area contributed by atoms with Gasteiger partial charge in [-0.2, -0.15) is 5.10 Å². The fraction of sp³-hybridized carbons (Fsp3) is 0.250. The molecule has 2 aliphatic heterocycles. The van der Waals surface area contributed by atoms with E-state index in [1.807, 2.05) is 47.4 Å². The molecule has 0 aliphatic carbocycles. The van der Waals surface area contributed by atoms with E-state index in [-0.39, 0.29) is 17.5 Å². The largest absolute Gasteiger partial charge is 0.338 e. The summed E-state index contributed by atoms with van der Waals surface area (Å²) in [5.74, 6) is 0.758. The van der Waals surface area contributed by atoms with Gasteiger partial charge in [-0.05, 0) is 29.7 Å². The molecule has 0 saturated carbocycles. The summed E-state index contributed by atoms with van der Waals surface area (Å²) in [5.41, 5.74) is 3.82. The zero-order valence-corrected chi connectivity index (χ0v) is 18.2.